The van der Waals surface area contributed by atoms with E-state index in [2.05, 4.69) is 47.6 Å². The number of benzene rings is 1. The summed E-state index contributed by atoms with van der Waals surface area (Å²) in [5, 5.41) is 10.2. The second kappa shape index (κ2) is 6.99. The van der Waals surface area contributed by atoms with Crippen LogP contribution < -0.4 is 0 Å². The minimum absolute atomic E-state index is 0.0445. The smallest absolute Gasteiger partial charge is 0.307 e. The molecular formula is C20H30O3S. The zero-order valence-corrected chi connectivity index (χ0v) is 16.5. The van der Waals surface area contributed by atoms with Crippen LogP contribution >= 0.6 is 11.8 Å². The van der Waals surface area contributed by atoms with Crippen LogP contribution in [-0.4, -0.2) is 22.3 Å². The van der Waals surface area contributed by atoms with Crippen molar-refractivity contribution in [3.05, 3.63) is 29.3 Å². The van der Waals surface area contributed by atoms with E-state index in [9.17, 15) is 9.90 Å². The minimum Gasteiger partial charge on any atom is -0.508 e. The molecule has 134 valence electrons. The highest BCUT2D eigenvalue weighted by Gasteiger charge is 2.32. The number of rotatable bonds is 4. The third-order valence-corrected chi connectivity index (χ3v) is 5.74. The number of phenols is 1. The van der Waals surface area contributed by atoms with Crippen LogP contribution in [0.5, 0.6) is 5.75 Å². The summed E-state index contributed by atoms with van der Waals surface area (Å²) in [5.41, 5.74) is 1.83. The van der Waals surface area contributed by atoms with E-state index in [0.717, 1.165) is 23.3 Å². The zero-order valence-electron chi connectivity index (χ0n) is 15.7. The van der Waals surface area contributed by atoms with Gasteiger partial charge in [0.1, 0.15) is 11.2 Å². The molecule has 0 aliphatic carbocycles. The quantitative estimate of drug-likeness (QED) is 0.757. The van der Waals surface area contributed by atoms with E-state index in [-0.39, 0.29) is 28.2 Å². The third-order valence-electron chi connectivity index (χ3n) is 4.57. The van der Waals surface area contributed by atoms with E-state index in [4.69, 9.17) is 4.74 Å². The van der Waals surface area contributed by atoms with Gasteiger partial charge in [0.05, 0.1) is 6.42 Å². The standard InChI is InChI=1S/C20H30O3S/c1-19(2,3)14(12-17(22)23-18-9-10-24-18)13-7-8-16(21)15(11-13)20(4,5)6/h7-8,11,14,18,21H,9-10,12H2,1-6H3. The molecule has 24 heavy (non-hydrogen) atoms. The maximum atomic E-state index is 12.3. The van der Waals surface area contributed by atoms with Gasteiger partial charge in [0.25, 0.3) is 0 Å². The highest BCUT2D eigenvalue weighted by atomic mass is 32.2. The van der Waals surface area contributed by atoms with Crippen LogP contribution in [0.1, 0.15) is 71.4 Å². The van der Waals surface area contributed by atoms with Crippen LogP contribution in [0.15, 0.2) is 18.2 Å². The Kier molecular flexibility index (Phi) is 5.58. The summed E-state index contributed by atoms with van der Waals surface area (Å²) in [6.07, 6.45) is 1.33. The van der Waals surface area contributed by atoms with Crippen LogP contribution in [0.3, 0.4) is 0 Å². The maximum Gasteiger partial charge on any atom is 0.307 e. The Labute approximate surface area is 150 Å². The first kappa shape index (κ1) is 19.2. The summed E-state index contributed by atoms with van der Waals surface area (Å²) in [5.74, 6) is 1.31. The second-order valence-corrected chi connectivity index (χ2v) is 10.00. The fourth-order valence-electron chi connectivity index (χ4n) is 2.96. The molecule has 0 radical (unpaired) electrons. The SMILES string of the molecule is CC(C)(C)c1cc(C(CC(=O)OC2CCS2)C(C)(C)C)ccc1O. The summed E-state index contributed by atoms with van der Waals surface area (Å²) in [4.78, 5) is 12.3. The minimum atomic E-state index is -0.147. The van der Waals surface area contributed by atoms with Gasteiger partial charge in [-0.3, -0.25) is 4.79 Å². The Bertz CT molecular complexity index is 592. The fourth-order valence-corrected chi connectivity index (χ4v) is 3.57. The molecule has 0 bridgehead atoms. The first-order chi connectivity index (χ1) is 11.0. The van der Waals surface area contributed by atoms with E-state index < -0.39 is 0 Å². The predicted octanol–water partition coefficient (Wildman–Crippen LogP) is 5.22. The average molecular weight is 351 g/mol. The van der Waals surface area contributed by atoms with E-state index in [1.807, 2.05) is 6.07 Å². The molecule has 1 heterocycles. The lowest BCUT2D eigenvalue weighted by molar-refractivity contribution is -0.146. The third kappa shape index (κ3) is 4.69. The molecule has 0 spiro atoms. The molecule has 2 atom stereocenters. The monoisotopic (exact) mass is 350 g/mol. The summed E-state index contributed by atoms with van der Waals surface area (Å²) in [7, 11) is 0. The number of thioether (sulfide) groups is 1. The number of esters is 1. The molecule has 1 aromatic carbocycles. The molecule has 1 aliphatic rings. The van der Waals surface area contributed by atoms with Crippen molar-refractivity contribution in [3.63, 3.8) is 0 Å². The van der Waals surface area contributed by atoms with Crippen molar-refractivity contribution in [2.45, 2.75) is 71.2 Å². The maximum absolute atomic E-state index is 12.3. The van der Waals surface area contributed by atoms with Gasteiger partial charge in [0.15, 0.2) is 0 Å². The van der Waals surface area contributed by atoms with Crippen molar-refractivity contribution in [2.75, 3.05) is 5.75 Å². The van der Waals surface area contributed by atoms with Gasteiger partial charge in [-0.05, 0) is 33.9 Å². The molecule has 2 unspecified atom stereocenters. The molecule has 0 saturated carbocycles. The van der Waals surface area contributed by atoms with Gasteiger partial charge < -0.3 is 9.84 Å². The highest BCUT2D eigenvalue weighted by Crippen LogP contribution is 2.41. The molecule has 3 nitrogen and oxygen atoms in total. The molecule has 0 amide bonds. The lowest BCUT2D eigenvalue weighted by Crippen LogP contribution is -2.27. The van der Waals surface area contributed by atoms with E-state index in [1.54, 1.807) is 17.8 Å². The predicted molar refractivity (Wildman–Crippen MR) is 101 cm³/mol. The number of hydrogen-bond acceptors (Lipinski definition) is 4. The van der Waals surface area contributed by atoms with Gasteiger partial charge in [0, 0.05) is 12.2 Å². The van der Waals surface area contributed by atoms with Gasteiger partial charge >= 0.3 is 5.97 Å². The van der Waals surface area contributed by atoms with Crippen LogP contribution in [0.2, 0.25) is 0 Å². The fraction of sp³-hybridized carbons (Fsp3) is 0.650. The molecule has 1 aliphatic heterocycles. The van der Waals surface area contributed by atoms with Crippen LogP contribution in [0.4, 0.5) is 0 Å². The van der Waals surface area contributed by atoms with Gasteiger partial charge in [0.2, 0.25) is 0 Å². The Morgan fingerprint density at radius 1 is 1.29 bits per heavy atom. The molecule has 0 aromatic heterocycles. The van der Waals surface area contributed by atoms with Crippen molar-refractivity contribution < 1.29 is 14.6 Å². The normalized spacial score (nSPS) is 19.5. The summed E-state index contributed by atoms with van der Waals surface area (Å²) in [6, 6.07) is 5.74. The molecule has 1 fully saturated rings. The summed E-state index contributed by atoms with van der Waals surface area (Å²) in [6.45, 7) is 12.7. The molecular weight excluding hydrogens is 320 g/mol. The summed E-state index contributed by atoms with van der Waals surface area (Å²) >= 11 is 1.70. The van der Waals surface area contributed by atoms with Crippen molar-refractivity contribution in [1.29, 1.82) is 0 Å². The van der Waals surface area contributed by atoms with Crippen molar-refractivity contribution in [2.24, 2.45) is 5.41 Å². The molecule has 4 heteroatoms. The Hall–Kier alpha value is -1.16. The van der Waals surface area contributed by atoms with Crippen molar-refractivity contribution in [1.82, 2.24) is 0 Å². The first-order valence-electron chi connectivity index (χ1n) is 8.63. The van der Waals surface area contributed by atoms with Crippen molar-refractivity contribution >= 4 is 17.7 Å². The van der Waals surface area contributed by atoms with E-state index in [1.165, 1.54) is 0 Å². The molecule has 1 aromatic rings. The number of ether oxygens (including phenoxy) is 1. The molecule has 1 saturated heterocycles. The number of aromatic hydroxyl groups is 1. The van der Waals surface area contributed by atoms with Crippen LogP contribution in [-0.2, 0) is 14.9 Å². The van der Waals surface area contributed by atoms with Crippen molar-refractivity contribution in [3.8, 4) is 5.75 Å². The lowest BCUT2D eigenvalue weighted by Gasteiger charge is -2.33. The number of carbonyl (C=O) groups excluding carboxylic acids is 1. The number of hydrogen-bond donors (Lipinski definition) is 1. The van der Waals surface area contributed by atoms with Gasteiger partial charge in [-0.1, -0.05) is 53.7 Å². The average Bonchev–Trinajstić information content (AvgIpc) is 2.38. The zero-order chi connectivity index (χ0) is 18.1. The largest absolute Gasteiger partial charge is 0.508 e. The molecule has 1 N–H and O–H groups in total. The Morgan fingerprint density at radius 2 is 1.92 bits per heavy atom. The summed E-state index contributed by atoms with van der Waals surface area (Å²) < 4.78 is 5.53. The van der Waals surface area contributed by atoms with Crippen LogP contribution in [0, 0.1) is 5.41 Å². The first-order valence-corrected chi connectivity index (χ1v) is 9.68. The Balaban J connectivity index is 2.26. The Morgan fingerprint density at radius 3 is 2.38 bits per heavy atom. The van der Waals surface area contributed by atoms with Gasteiger partial charge in [-0.25, -0.2) is 0 Å². The molecule has 2 rings (SSSR count). The van der Waals surface area contributed by atoms with Gasteiger partial charge in [-0.15, -0.1) is 11.8 Å². The van der Waals surface area contributed by atoms with E-state index in [0.29, 0.717) is 12.2 Å². The highest BCUT2D eigenvalue weighted by molar-refractivity contribution is 8.01. The number of phenolic OH excluding ortho intramolecular Hbond substituents is 1. The van der Waals surface area contributed by atoms with Crippen LogP contribution in [0.25, 0.3) is 0 Å². The second-order valence-electron chi connectivity index (χ2n) is 8.73. The topological polar surface area (TPSA) is 46.5 Å². The lowest BCUT2D eigenvalue weighted by atomic mass is 9.73. The van der Waals surface area contributed by atoms with Gasteiger partial charge in [-0.2, -0.15) is 0 Å². The number of carbonyl (C=O) groups is 1. The van der Waals surface area contributed by atoms with E-state index >= 15 is 0 Å².